The van der Waals surface area contributed by atoms with Crippen LogP contribution in [0.1, 0.15) is 29.3 Å². The van der Waals surface area contributed by atoms with Gasteiger partial charge in [0.15, 0.2) is 0 Å². The number of fused-ring (bicyclic) bond motifs is 1. The molecule has 0 saturated carbocycles. The van der Waals surface area contributed by atoms with E-state index in [2.05, 4.69) is 12.2 Å². The summed E-state index contributed by atoms with van der Waals surface area (Å²) in [5, 5.41) is 3.08. The van der Waals surface area contributed by atoms with Crippen molar-refractivity contribution in [3.63, 3.8) is 0 Å². The number of furan rings is 1. The van der Waals surface area contributed by atoms with Crippen LogP contribution >= 0.6 is 0 Å². The molecule has 0 unspecified atom stereocenters. The molecule has 118 valence electrons. The van der Waals surface area contributed by atoms with Gasteiger partial charge in [-0.2, -0.15) is 0 Å². The normalized spacial score (nSPS) is 10.9. The Morgan fingerprint density at radius 1 is 1.17 bits per heavy atom. The Morgan fingerprint density at radius 2 is 1.91 bits per heavy atom. The first-order chi connectivity index (χ1) is 11.1. The predicted molar refractivity (Wildman–Crippen MR) is 89.0 cm³/mol. The van der Waals surface area contributed by atoms with Crippen LogP contribution in [-0.2, 0) is 6.42 Å². The van der Waals surface area contributed by atoms with E-state index in [0.29, 0.717) is 22.3 Å². The first kappa shape index (κ1) is 15.3. The van der Waals surface area contributed by atoms with Gasteiger partial charge in [-0.3, -0.25) is 4.79 Å². The van der Waals surface area contributed by atoms with Crippen LogP contribution in [0.5, 0.6) is 0 Å². The molecule has 3 nitrogen and oxygen atoms in total. The number of halogens is 1. The van der Waals surface area contributed by atoms with Gasteiger partial charge in [-0.15, -0.1) is 0 Å². The number of carbonyl (C=O) groups is 1. The number of hydrogen-bond acceptors (Lipinski definition) is 2. The number of carbonyl (C=O) groups excluding carboxylic acids is 1. The van der Waals surface area contributed by atoms with Gasteiger partial charge in [0, 0.05) is 18.0 Å². The zero-order chi connectivity index (χ0) is 16.4. The molecule has 0 aliphatic rings. The Labute approximate surface area is 134 Å². The van der Waals surface area contributed by atoms with Crippen LogP contribution in [0.2, 0.25) is 0 Å². The summed E-state index contributed by atoms with van der Waals surface area (Å²) in [6, 6.07) is 12.1. The van der Waals surface area contributed by atoms with Crippen LogP contribution in [-0.4, -0.2) is 13.0 Å². The van der Waals surface area contributed by atoms with Crippen LogP contribution in [0, 0.1) is 5.82 Å². The minimum absolute atomic E-state index is 0.290. The summed E-state index contributed by atoms with van der Waals surface area (Å²) in [4.78, 5) is 12.3. The molecule has 1 amide bonds. The molecule has 1 heterocycles. The minimum Gasteiger partial charge on any atom is -0.455 e. The second kappa shape index (κ2) is 6.24. The van der Waals surface area contributed by atoms with Crippen molar-refractivity contribution in [3.05, 3.63) is 59.4 Å². The van der Waals surface area contributed by atoms with Crippen LogP contribution in [0.4, 0.5) is 4.39 Å². The molecule has 0 aliphatic carbocycles. The fourth-order valence-corrected chi connectivity index (χ4v) is 2.74. The second-order valence-electron chi connectivity index (χ2n) is 5.47. The number of rotatable bonds is 4. The Morgan fingerprint density at radius 3 is 2.57 bits per heavy atom. The summed E-state index contributed by atoms with van der Waals surface area (Å²) >= 11 is 0. The summed E-state index contributed by atoms with van der Waals surface area (Å²) in [7, 11) is 1.55. The van der Waals surface area contributed by atoms with E-state index in [0.717, 1.165) is 18.4 Å². The van der Waals surface area contributed by atoms with Crippen molar-refractivity contribution in [1.82, 2.24) is 5.32 Å². The lowest BCUT2D eigenvalue weighted by Gasteiger charge is -2.04. The van der Waals surface area contributed by atoms with Gasteiger partial charge in [-0.25, -0.2) is 4.39 Å². The number of hydrogen-bond donors (Lipinski definition) is 1. The quantitative estimate of drug-likeness (QED) is 0.768. The monoisotopic (exact) mass is 311 g/mol. The lowest BCUT2D eigenvalue weighted by Crippen LogP contribution is -2.18. The number of aryl methyl sites for hydroxylation is 1. The highest BCUT2D eigenvalue weighted by Crippen LogP contribution is 2.34. The molecular formula is C19H18FNO2. The first-order valence-electron chi connectivity index (χ1n) is 7.67. The zero-order valence-electron chi connectivity index (χ0n) is 13.2. The molecule has 23 heavy (non-hydrogen) atoms. The van der Waals surface area contributed by atoms with E-state index in [-0.39, 0.29) is 5.91 Å². The molecule has 0 bridgehead atoms. The number of benzene rings is 2. The maximum atomic E-state index is 13.6. The maximum Gasteiger partial charge on any atom is 0.255 e. The van der Waals surface area contributed by atoms with Crippen LogP contribution in [0.25, 0.3) is 22.3 Å². The highest BCUT2D eigenvalue weighted by atomic mass is 19.1. The third kappa shape index (κ3) is 2.84. The van der Waals surface area contributed by atoms with Gasteiger partial charge in [-0.05, 0) is 30.2 Å². The highest BCUT2D eigenvalue weighted by Gasteiger charge is 2.21. The van der Waals surface area contributed by atoms with Crippen LogP contribution in [0.3, 0.4) is 0 Å². The molecule has 2 aromatic carbocycles. The van der Waals surface area contributed by atoms with Gasteiger partial charge in [0.1, 0.15) is 17.2 Å². The predicted octanol–water partition coefficient (Wildman–Crippen LogP) is 4.55. The van der Waals surface area contributed by atoms with E-state index >= 15 is 0 Å². The fourth-order valence-electron chi connectivity index (χ4n) is 2.74. The number of amides is 1. The van der Waals surface area contributed by atoms with Gasteiger partial charge < -0.3 is 9.73 Å². The Hall–Kier alpha value is -2.62. The Balaban J connectivity index is 2.17. The Kier molecular flexibility index (Phi) is 4.15. The van der Waals surface area contributed by atoms with Crippen molar-refractivity contribution in [2.75, 3.05) is 7.05 Å². The van der Waals surface area contributed by atoms with E-state index in [9.17, 15) is 9.18 Å². The van der Waals surface area contributed by atoms with E-state index in [4.69, 9.17) is 4.42 Å². The lowest BCUT2D eigenvalue weighted by molar-refractivity contribution is 0.0964. The molecule has 0 spiro atoms. The van der Waals surface area contributed by atoms with Crippen LogP contribution in [0.15, 0.2) is 46.9 Å². The third-order valence-electron chi connectivity index (χ3n) is 3.86. The molecule has 3 rings (SSSR count). The van der Waals surface area contributed by atoms with Gasteiger partial charge in [0.25, 0.3) is 5.91 Å². The average Bonchev–Trinajstić information content (AvgIpc) is 2.93. The summed E-state index contributed by atoms with van der Waals surface area (Å²) in [5.74, 6) is -0.219. The van der Waals surface area contributed by atoms with Crippen molar-refractivity contribution >= 4 is 16.9 Å². The van der Waals surface area contributed by atoms with Gasteiger partial charge in [0.2, 0.25) is 0 Å². The molecular weight excluding hydrogens is 293 g/mol. The van der Waals surface area contributed by atoms with Crippen molar-refractivity contribution in [1.29, 1.82) is 0 Å². The molecule has 0 atom stereocenters. The molecule has 4 heteroatoms. The molecule has 1 N–H and O–H groups in total. The summed E-state index contributed by atoms with van der Waals surface area (Å²) in [5.41, 5.74) is 2.91. The molecule has 0 saturated heterocycles. The second-order valence-corrected chi connectivity index (χ2v) is 5.47. The summed E-state index contributed by atoms with van der Waals surface area (Å²) in [6.07, 6.45) is 2.08. The van der Waals surface area contributed by atoms with Crippen molar-refractivity contribution < 1.29 is 13.6 Å². The van der Waals surface area contributed by atoms with Gasteiger partial charge in [0.05, 0.1) is 5.56 Å². The molecule has 0 radical (unpaired) electrons. The molecule has 1 aromatic heterocycles. The highest BCUT2D eigenvalue weighted by molar-refractivity contribution is 6.11. The molecule has 0 fully saturated rings. The molecule has 0 aliphatic heterocycles. The van der Waals surface area contributed by atoms with E-state index < -0.39 is 5.82 Å². The minimum atomic E-state index is -0.395. The van der Waals surface area contributed by atoms with Crippen LogP contribution < -0.4 is 5.32 Å². The SMILES string of the molecule is CCCc1ccc(-c2oc3ccc(F)cc3c2C(=O)NC)cc1. The lowest BCUT2D eigenvalue weighted by atomic mass is 10.0. The standard InChI is InChI=1S/C19H18FNO2/c1-3-4-12-5-7-13(8-6-12)18-17(19(22)21-2)15-11-14(20)9-10-16(15)23-18/h5-11H,3-4H2,1-2H3,(H,21,22). The largest absolute Gasteiger partial charge is 0.455 e. The average molecular weight is 311 g/mol. The topological polar surface area (TPSA) is 42.2 Å². The van der Waals surface area contributed by atoms with E-state index in [1.165, 1.54) is 17.7 Å². The van der Waals surface area contributed by atoms with Gasteiger partial charge >= 0.3 is 0 Å². The number of nitrogens with one attached hydrogen (secondary N) is 1. The maximum absolute atomic E-state index is 13.6. The smallest absolute Gasteiger partial charge is 0.255 e. The first-order valence-corrected chi connectivity index (χ1v) is 7.67. The van der Waals surface area contributed by atoms with Crippen molar-refractivity contribution in [2.45, 2.75) is 19.8 Å². The Bertz CT molecular complexity index is 850. The fraction of sp³-hybridized carbons (Fsp3) is 0.211. The van der Waals surface area contributed by atoms with Gasteiger partial charge in [-0.1, -0.05) is 37.6 Å². The summed E-state index contributed by atoms with van der Waals surface area (Å²) < 4.78 is 19.4. The van der Waals surface area contributed by atoms with E-state index in [1.54, 1.807) is 13.1 Å². The van der Waals surface area contributed by atoms with E-state index in [1.807, 2.05) is 24.3 Å². The van der Waals surface area contributed by atoms with Crippen molar-refractivity contribution in [2.24, 2.45) is 0 Å². The molecule has 3 aromatic rings. The summed E-state index contributed by atoms with van der Waals surface area (Å²) in [6.45, 7) is 2.13. The third-order valence-corrected chi connectivity index (χ3v) is 3.86. The zero-order valence-corrected chi connectivity index (χ0v) is 13.2. The van der Waals surface area contributed by atoms with Crippen molar-refractivity contribution in [3.8, 4) is 11.3 Å².